The van der Waals surface area contributed by atoms with E-state index in [1.165, 1.54) is 0 Å². The van der Waals surface area contributed by atoms with Gasteiger partial charge in [-0.05, 0) is 55.4 Å². The SMILES string of the molecule is CNCCCOc1ccc(-c2ccc(-c3cc(C(=O)NN)c4cnccc4n3)cc2)cc1. The van der Waals surface area contributed by atoms with Crippen molar-refractivity contribution >= 4 is 16.8 Å². The predicted molar refractivity (Wildman–Crippen MR) is 126 cm³/mol. The van der Waals surface area contributed by atoms with Crippen LogP contribution in [-0.2, 0) is 0 Å². The van der Waals surface area contributed by atoms with Crippen molar-refractivity contribution in [3.05, 3.63) is 78.6 Å². The lowest BCUT2D eigenvalue weighted by molar-refractivity contribution is 0.0955. The van der Waals surface area contributed by atoms with E-state index in [0.29, 0.717) is 28.8 Å². The van der Waals surface area contributed by atoms with Gasteiger partial charge in [0.2, 0.25) is 0 Å². The summed E-state index contributed by atoms with van der Waals surface area (Å²) >= 11 is 0. The van der Waals surface area contributed by atoms with Crippen LogP contribution in [0.4, 0.5) is 0 Å². The maximum atomic E-state index is 12.3. The minimum Gasteiger partial charge on any atom is -0.494 e. The van der Waals surface area contributed by atoms with Crippen LogP contribution in [0.1, 0.15) is 16.8 Å². The molecular weight excluding hydrogens is 402 g/mol. The van der Waals surface area contributed by atoms with Gasteiger partial charge < -0.3 is 10.1 Å². The predicted octanol–water partition coefficient (Wildman–Crippen LogP) is 3.56. The van der Waals surface area contributed by atoms with Gasteiger partial charge in [-0.2, -0.15) is 0 Å². The van der Waals surface area contributed by atoms with Gasteiger partial charge in [0.15, 0.2) is 0 Å². The molecule has 2 aromatic carbocycles. The molecule has 0 atom stereocenters. The van der Waals surface area contributed by atoms with Crippen molar-refractivity contribution in [2.75, 3.05) is 20.2 Å². The third-order valence-electron chi connectivity index (χ3n) is 5.19. The number of nitrogens with zero attached hydrogens (tertiary/aromatic N) is 2. The second-order valence-electron chi connectivity index (χ2n) is 7.33. The number of pyridine rings is 2. The van der Waals surface area contributed by atoms with Crippen LogP contribution in [-0.4, -0.2) is 36.1 Å². The first kappa shape index (κ1) is 21.4. The van der Waals surface area contributed by atoms with Gasteiger partial charge in [0.1, 0.15) is 5.75 Å². The molecule has 0 saturated carbocycles. The molecule has 0 aliphatic heterocycles. The topological polar surface area (TPSA) is 102 Å². The van der Waals surface area contributed by atoms with Crippen LogP contribution in [0.3, 0.4) is 0 Å². The van der Waals surface area contributed by atoms with Gasteiger partial charge >= 0.3 is 0 Å². The number of ether oxygens (including phenoxy) is 1. The highest BCUT2D eigenvalue weighted by Crippen LogP contribution is 2.28. The average Bonchev–Trinajstić information content (AvgIpc) is 2.86. The number of amides is 1. The van der Waals surface area contributed by atoms with E-state index in [2.05, 4.69) is 15.7 Å². The Hall–Kier alpha value is -3.81. The molecule has 0 radical (unpaired) electrons. The second kappa shape index (κ2) is 10.00. The third kappa shape index (κ3) is 4.74. The molecular formula is C25H25N5O2. The molecule has 32 heavy (non-hydrogen) atoms. The maximum absolute atomic E-state index is 12.3. The number of hydrogen-bond donors (Lipinski definition) is 3. The summed E-state index contributed by atoms with van der Waals surface area (Å²) in [5.41, 5.74) is 7.10. The summed E-state index contributed by atoms with van der Waals surface area (Å²) in [6.07, 6.45) is 4.24. The average molecular weight is 428 g/mol. The number of aromatic nitrogens is 2. The van der Waals surface area contributed by atoms with E-state index in [1.807, 2.05) is 55.6 Å². The summed E-state index contributed by atoms with van der Waals surface area (Å²) in [5.74, 6) is 5.85. The lowest BCUT2D eigenvalue weighted by Crippen LogP contribution is -2.30. The van der Waals surface area contributed by atoms with Crippen LogP contribution < -0.4 is 21.3 Å². The molecule has 0 spiro atoms. The van der Waals surface area contributed by atoms with Gasteiger partial charge in [-0.3, -0.25) is 15.2 Å². The Morgan fingerprint density at radius 2 is 1.69 bits per heavy atom. The van der Waals surface area contributed by atoms with Crippen molar-refractivity contribution in [3.63, 3.8) is 0 Å². The number of nitrogens with one attached hydrogen (secondary N) is 2. The summed E-state index contributed by atoms with van der Waals surface area (Å²) in [6.45, 7) is 1.62. The number of hydrogen-bond acceptors (Lipinski definition) is 6. The molecule has 162 valence electrons. The van der Waals surface area contributed by atoms with Crippen LogP contribution in [0.15, 0.2) is 73.1 Å². The largest absolute Gasteiger partial charge is 0.494 e. The van der Waals surface area contributed by atoms with Crippen molar-refractivity contribution in [2.45, 2.75) is 6.42 Å². The van der Waals surface area contributed by atoms with E-state index in [1.54, 1.807) is 24.5 Å². The number of fused-ring (bicyclic) bond motifs is 1. The zero-order chi connectivity index (χ0) is 22.3. The Morgan fingerprint density at radius 1 is 1.00 bits per heavy atom. The van der Waals surface area contributed by atoms with E-state index < -0.39 is 0 Å². The number of carbonyl (C=O) groups is 1. The Labute approximate surface area is 186 Å². The first-order valence-corrected chi connectivity index (χ1v) is 10.4. The molecule has 1 amide bonds. The highest BCUT2D eigenvalue weighted by molar-refractivity contribution is 6.06. The molecule has 0 unspecified atom stereocenters. The van der Waals surface area contributed by atoms with Gasteiger partial charge in [-0.25, -0.2) is 10.8 Å². The van der Waals surface area contributed by atoms with Crippen molar-refractivity contribution in [2.24, 2.45) is 5.84 Å². The van der Waals surface area contributed by atoms with Crippen LogP contribution >= 0.6 is 0 Å². The van der Waals surface area contributed by atoms with Crippen molar-refractivity contribution in [1.29, 1.82) is 0 Å². The zero-order valence-electron chi connectivity index (χ0n) is 17.8. The molecule has 2 heterocycles. The molecule has 0 aliphatic carbocycles. The van der Waals surface area contributed by atoms with Gasteiger partial charge in [0.05, 0.1) is 23.4 Å². The van der Waals surface area contributed by atoms with Gasteiger partial charge in [-0.15, -0.1) is 0 Å². The molecule has 4 N–H and O–H groups in total. The summed E-state index contributed by atoms with van der Waals surface area (Å²) in [4.78, 5) is 21.1. The molecule has 0 saturated heterocycles. The number of hydrazine groups is 1. The summed E-state index contributed by atoms with van der Waals surface area (Å²) in [7, 11) is 1.93. The smallest absolute Gasteiger partial charge is 0.265 e. The van der Waals surface area contributed by atoms with Crippen LogP contribution in [0.2, 0.25) is 0 Å². The second-order valence-corrected chi connectivity index (χ2v) is 7.33. The summed E-state index contributed by atoms with van der Waals surface area (Å²) < 4.78 is 5.76. The van der Waals surface area contributed by atoms with Crippen molar-refractivity contribution in [3.8, 4) is 28.1 Å². The normalized spacial score (nSPS) is 10.8. The number of carbonyl (C=O) groups excluding carboxylic acids is 1. The van der Waals surface area contributed by atoms with Crippen molar-refractivity contribution in [1.82, 2.24) is 20.7 Å². The first-order valence-electron chi connectivity index (χ1n) is 10.4. The Kier molecular flexibility index (Phi) is 6.69. The summed E-state index contributed by atoms with van der Waals surface area (Å²) in [5, 5.41) is 3.77. The fraction of sp³-hybridized carbons (Fsp3) is 0.160. The number of nitrogen functional groups attached to an aromatic ring is 1. The van der Waals surface area contributed by atoms with Gasteiger partial charge in [0.25, 0.3) is 5.91 Å². The Bertz CT molecular complexity index is 1210. The van der Waals surface area contributed by atoms with Gasteiger partial charge in [0, 0.05) is 23.3 Å². The van der Waals surface area contributed by atoms with E-state index in [9.17, 15) is 4.79 Å². The van der Waals surface area contributed by atoms with Crippen LogP contribution in [0.25, 0.3) is 33.3 Å². The van der Waals surface area contributed by atoms with E-state index in [0.717, 1.165) is 35.4 Å². The fourth-order valence-corrected chi connectivity index (χ4v) is 3.50. The molecule has 4 rings (SSSR count). The lowest BCUT2D eigenvalue weighted by atomic mass is 10.0. The number of rotatable bonds is 8. The molecule has 0 bridgehead atoms. The number of benzene rings is 2. The Morgan fingerprint density at radius 3 is 2.38 bits per heavy atom. The highest BCUT2D eigenvalue weighted by Gasteiger charge is 2.13. The molecule has 7 heteroatoms. The standard InChI is InChI=1S/C25H25N5O2/c1-27-12-2-14-32-20-9-7-18(8-10-20)17-3-5-19(6-4-17)24-15-21(25(31)30-26)22-16-28-13-11-23(22)29-24/h3-11,13,15-16,27H,2,12,14,26H2,1H3,(H,30,31). The lowest BCUT2D eigenvalue weighted by Gasteiger charge is -2.10. The summed E-state index contributed by atoms with van der Waals surface area (Å²) in [6, 6.07) is 19.7. The molecule has 4 aromatic rings. The van der Waals surface area contributed by atoms with Crippen LogP contribution in [0, 0.1) is 0 Å². The van der Waals surface area contributed by atoms with Crippen LogP contribution in [0.5, 0.6) is 5.75 Å². The van der Waals surface area contributed by atoms with Crippen molar-refractivity contribution < 1.29 is 9.53 Å². The quantitative estimate of drug-likeness (QED) is 0.172. The Balaban J connectivity index is 1.56. The van der Waals surface area contributed by atoms with E-state index >= 15 is 0 Å². The number of nitrogens with two attached hydrogens (primary N) is 1. The molecule has 0 fully saturated rings. The zero-order valence-corrected chi connectivity index (χ0v) is 17.8. The first-order chi connectivity index (χ1) is 15.7. The van der Waals surface area contributed by atoms with E-state index in [-0.39, 0.29) is 5.91 Å². The molecule has 7 nitrogen and oxygen atoms in total. The fourth-order valence-electron chi connectivity index (χ4n) is 3.50. The minimum absolute atomic E-state index is 0.378. The molecule has 2 aromatic heterocycles. The maximum Gasteiger partial charge on any atom is 0.265 e. The van der Waals surface area contributed by atoms with E-state index in [4.69, 9.17) is 15.6 Å². The monoisotopic (exact) mass is 427 g/mol. The van der Waals surface area contributed by atoms with Gasteiger partial charge in [-0.1, -0.05) is 36.4 Å². The highest BCUT2D eigenvalue weighted by atomic mass is 16.5. The molecule has 0 aliphatic rings. The third-order valence-corrected chi connectivity index (χ3v) is 5.19. The minimum atomic E-state index is -0.378.